The Bertz CT molecular complexity index is 356. The summed E-state index contributed by atoms with van der Waals surface area (Å²) in [6, 6.07) is 0. The number of aliphatic hydroxyl groups excluding tert-OH is 1. The Labute approximate surface area is 112 Å². The number of ether oxygens (including phenoxy) is 1. The van der Waals surface area contributed by atoms with Gasteiger partial charge in [0, 0.05) is 13.1 Å². The SMILES string of the molecule is CC(C)(C)OC(=O)N1CCC(N)(C(O)C(=O)O)CC1. The van der Waals surface area contributed by atoms with Gasteiger partial charge in [-0.25, -0.2) is 9.59 Å². The van der Waals surface area contributed by atoms with Gasteiger partial charge >= 0.3 is 12.1 Å². The number of rotatable bonds is 2. The molecule has 0 aliphatic carbocycles. The molecule has 1 aliphatic rings. The molecule has 1 rings (SSSR count). The first kappa shape index (κ1) is 15.7. The van der Waals surface area contributed by atoms with Gasteiger partial charge in [-0.2, -0.15) is 0 Å². The van der Waals surface area contributed by atoms with Crippen LogP contribution in [0.15, 0.2) is 0 Å². The maximum atomic E-state index is 11.8. The van der Waals surface area contributed by atoms with Gasteiger partial charge in [0.25, 0.3) is 0 Å². The molecule has 1 unspecified atom stereocenters. The van der Waals surface area contributed by atoms with Crippen molar-refractivity contribution in [1.29, 1.82) is 0 Å². The van der Waals surface area contributed by atoms with E-state index >= 15 is 0 Å². The number of aliphatic hydroxyl groups is 1. The molecule has 7 nitrogen and oxygen atoms in total. The van der Waals surface area contributed by atoms with Crippen LogP contribution >= 0.6 is 0 Å². The number of carbonyl (C=O) groups excluding carboxylic acids is 1. The summed E-state index contributed by atoms with van der Waals surface area (Å²) >= 11 is 0. The zero-order valence-corrected chi connectivity index (χ0v) is 11.5. The van der Waals surface area contributed by atoms with Crippen LogP contribution in [-0.2, 0) is 9.53 Å². The molecule has 0 spiro atoms. The normalized spacial score (nSPS) is 20.8. The molecule has 0 bridgehead atoms. The Morgan fingerprint density at radius 1 is 1.32 bits per heavy atom. The molecule has 1 aliphatic heterocycles. The van der Waals surface area contributed by atoms with Gasteiger partial charge in [-0.1, -0.05) is 0 Å². The number of nitrogens with zero attached hydrogens (tertiary/aromatic N) is 1. The number of piperidine rings is 1. The molecule has 1 fully saturated rings. The van der Waals surface area contributed by atoms with Gasteiger partial charge < -0.3 is 25.6 Å². The van der Waals surface area contributed by atoms with Crippen LogP contribution < -0.4 is 5.73 Å². The van der Waals surface area contributed by atoms with Crippen molar-refractivity contribution in [2.24, 2.45) is 5.73 Å². The molecule has 1 amide bonds. The molecule has 0 radical (unpaired) electrons. The highest BCUT2D eigenvalue weighted by molar-refractivity contribution is 5.74. The first-order valence-corrected chi connectivity index (χ1v) is 6.23. The van der Waals surface area contributed by atoms with Crippen LogP contribution in [0.5, 0.6) is 0 Å². The van der Waals surface area contributed by atoms with Gasteiger partial charge in [0.1, 0.15) is 5.60 Å². The average molecular weight is 274 g/mol. The fraction of sp³-hybridized carbons (Fsp3) is 0.833. The standard InChI is InChI=1S/C12H22N2O5/c1-11(2,3)19-10(18)14-6-4-12(13,5-7-14)8(15)9(16)17/h8,15H,4-7,13H2,1-3H3,(H,16,17). The molecule has 7 heteroatoms. The molecular formula is C12H22N2O5. The van der Waals surface area contributed by atoms with Gasteiger partial charge in [0.2, 0.25) is 0 Å². The quantitative estimate of drug-likeness (QED) is 0.661. The Morgan fingerprint density at radius 3 is 2.16 bits per heavy atom. The van der Waals surface area contributed by atoms with E-state index in [0.717, 1.165) is 0 Å². The van der Waals surface area contributed by atoms with Crippen molar-refractivity contribution in [2.75, 3.05) is 13.1 Å². The molecule has 1 saturated heterocycles. The first-order valence-electron chi connectivity index (χ1n) is 6.23. The van der Waals surface area contributed by atoms with Crippen LogP contribution in [0.1, 0.15) is 33.6 Å². The van der Waals surface area contributed by atoms with Crippen molar-refractivity contribution >= 4 is 12.1 Å². The summed E-state index contributed by atoms with van der Waals surface area (Å²) in [6.07, 6.45) is -1.62. The number of amides is 1. The van der Waals surface area contributed by atoms with Crippen molar-refractivity contribution in [3.63, 3.8) is 0 Å². The van der Waals surface area contributed by atoms with E-state index in [0.29, 0.717) is 0 Å². The molecule has 0 aromatic heterocycles. The van der Waals surface area contributed by atoms with Gasteiger partial charge in [-0.05, 0) is 33.6 Å². The number of likely N-dealkylation sites (tertiary alicyclic amines) is 1. The minimum absolute atomic E-state index is 0.222. The highest BCUT2D eigenvalue weighted by atomic mass is 16.6. The van der Waals surface area contributed by atoms with E-state index in [4.69, 9.17) is 15.6 Å². The van der Waals surface area contributed by atoms with E-state index in [9.17, 15) is 14.7 Å². The van der Waals surface area contributed by atoms with Crippen molar-refractivity contribution in [3.05, 3.63) is 0 Å². The molecule has 1 atom stereocenters. The van der Waals surface area contributed by atoms with Crippen LogP contribution in [-0.4, -0.2) is 57.5 Å². The second kappa shape index (κ2) is 5.34. The summed E-state index contributed by atoms with van der Waals surface area (Å²) < 4.78 is 5.22. The van der Waals surface area contributed by atoms with Gasteiger partial charge in [-0.15, -0.1) is 0 Å². The van der Waals surface area contributed by atoms with E-state index < -0.39 is 29.3 Å². The summed E-state index contributed by atoms with van der Waals surface area (Å²) in [5.74, 6) is -1.34. The van der Waals surface area contributed by atoms with Crippen LogP contribution in [0, 0.1) is 0 Å². The van der Waals surface area contributed by atoms with Gasteiger partial charge in [0.05, 0.1) is 5.54 Å². The second-order valence-electron chi connectivity index (χ2n) is 5.94. The van der Waals surface area contributed by atoms with Crippen LogP contribution in [0.4, 0.5) is 4.79 Å². The number of aliphatic carboxylic acids is 1. The average Bonchev–Trinajstić information content (AvgIpc) is 2.26. The highest BCUT2D eigenvalue weighted by Gasteiger charge is 2.42. The zero-order chi connectivity index (χ0) is 14.8. The Kier molecular flexibility index (Phi) is 4.42. The summed E-state index contributed by atoms with van der Waals surface area (Å²) in [6.45, 7) is 5.87. The Balaban J connectivity index is 2.58. The van der Waals surface area contributed by atoms with E-state index in [2.05, 4.69) is 0 Å². The molecule has 0 aromatic rings. The van der Waals surface area contributed by atoms with Crippen molar-refractivity contribution in [2.45, 2.75) is 50.9 Å². The number of hydrogen-bond acceptors (Lipinski definition) is 5. The minimum Gasteiger partial charge on any atom is -0.479 e. The number of hydrogen-bond donors (Lipinski definition) is 3. The lowest BCUT2D eigenvalue weighted by Crippen LogP contribution is -2.60. The van der Waals surface area contributed by atoms with Crippen LogP contribution in [0.25, 0.3) is 0 Å². The monoisotopic (exact) mass is 274 g/mol. The second-order valence-corrected chi connectivity index (χ2v) is 5.94. The molecule has 0 aromatic carbocycles. The first-order chi connectivity index (χ1) is 8.55. The summed E-state index contributed by atoms with van der Waals surface area (Å²) in [5.41, 5.74) is 4.12. The van der Waals surface area contributed by atoms with E-state index in [-0.39, 0.29) is 25.9 Å². The summed E-state index contributed by atoms with van der Waals surface area (Å²) in [4.78, 5) is 24.1. The molecular weight excluding hydrogens is 252 g/mol. The number of carbonyl (C=O) groups is 2. The van der Waals surface area contributed by atoms with E-state index in [1.165, 1.54) is 4.90 Å². The van der Waals surface area contributed by atoms with Crippen LogP contribution in [0.3, 0.4) is 0 Å². The van der Waals surface area contributed by atoms with Crippen molar-refractivity contribution in [3.8, 4) is 0 Å². The lowest BCUT2D eigenvalue weighted by atomic mass is 9.83. The number of nitrogens with two attached hydrogens (primary N) is 1. The number of carboxylic acids is 1. The maximum Gasteiger partial charge on any atom is 0.410 e. The van der Waals surface area contributed by atoms with E-state index in [1.54, 1.807) is 20.8 Å². The molecule has 110 valence electrons. The molecule has 19 heavy (non-hydrogen) atoms. The molecule has 0 saturated carbocycles. The number of carboxylic acid groups (broad SMARTS) is 1. The van der Waals surface area contributed by atoms with Gasteiger partial charge in [-0.3, -0.25) is 0 Å². The van der Waals surface area contributed by atoms with Gasteiger partial charge in [0.15, 0.2) is 6.10 Å². The van der Waals surface area contributed by atoms with Crippen molar-refractivity contribution in [1.82, 2.24) is 4.90 Å². The topological polar surface area (TPSA) is 113 Å². The Hall–Kier alpha value is -1.34. The Morgan fingerprint density at radius 2 is 1.79 bits per heavy atom. The highest BCUT2D eigenvalue weighted by Crippen LogP contribution is 2.24. The summed E-state index contributed by atoms with van der Waals surface area (Å²) in [5, 5.41) is 18.4. The third-order valence-corrected chi connectivity index (χ3v) is 3.12. The predicted octanol–water partition coefficient (Wildman–Crippen LogP) is 0.160. The molecule has 4 N–H and O–H groups in total. The lowest BCUT2D eigenvalue weighted by molar-refractivity contribution is -0.151. The van der Waals surface area contributed by atoms with Crippen LogP contribution in [0.2, 0.25) is 0 Å². The minimum atomic E-state index is -1.62. The predicted molar refractivity (Wildman–Crippen MR) is 67.6 cm³/mol. The zero-order valence-electron chi connectivity index (χ0n) is 11.5. The largest absolute Gasteiger partial charge is 0.479 e. The smallest absolute Gasteiger partial charge is 0.410 e. The fourth-order valence-corrected chi connectivity index (χ4v) is 1.95. The fourth-order valence-electron chi connectivity index (χ4n) is 1.95. The third kappa shape index (κ3) is 4.07. The lowest BCUT2D eigenvalue weighted by Gasteiger charge is -2.40. The molecule has 1 heterocycles. The van der Waals surface area contributed by atoms with Crippen molar-refractivity contribution < 1.29 is 24.5 Å². The third-order valence-electron chi connectivity index (χ3n) is 3.12. The maximum absolute atomic E-state index is 11.8. The van der Waals surface area contributed by atoms with E-state index in [1.807, 2.05) is 0 Å². The summed E-state index contributed by atoms with van der Waals surface area (Å²) in [7, 11) is 0.